The number of amides is 1. The van der Waals surface area contributed by atoms with Crippen molar-refractivity contribution < 1.29 is 13.9 Å². The van der Waals surface area contributed by atoms with Gasteiger partial charge in [-0.25, -0.2) is 4.39 Å². The molecular weight excluding hydrogens is 389 g/mol. The number of hydrogen-bond donors (Lipinski definition) is 1. The zero-order valence-electron chi connectivity index (χ0n) is 16.6. The van der Waals surface area contributed by atoms with Crippen molar-refractivity contribution in [3.8, 4) is 0 Å². The van der Waals surface area contributed by atoms with Crippen LogP contribution in [0.3, 0.4) is 0 Å². The van der Waals surface area contributed by atoms with Crippen molar-refractivity contribution in [2.75, 3.05) is 19.8 Å². The summed E-state index contributed by atoms with van der Waals surface area (Å²) in [5.74, 6) is -0.190. The van der Waals surface area contributed by atoms with Crippen LogP contribution in [-0.2, 0) is 20.4 Å². The van der Waals surface area contributed by atoms with E-state index in [0.29, 0.717) is 37.6 Å². The molecule has 2 fully saturated rings. The summed E-state index contributed by atoms with van der Waals surface area (Å²) in [6.45, 7) is 1.69. The molecule has 0 atom stereocenters. The highest BCUT2D eigenvalue weighted by molar-refractivity contribution is 6.30. The lowest BCUT2D eigenvalue weighted by molar-refractivity contribution is -0.130. The Balaban J connectivity index is 1.58. The number of hydrogen-bond acceptors (Lipinski definition) is 2. The van der Waals surface area contributed by atoms with Gasteiger partial charge in [-0.3, -0.25) is 4.79 Å². The minimum Gasteiger partial charge on any atom is -0.381 e. The van der Waals surface area contributed by atoms with Gasteiger partial charge in [-0.05, 0) is 61.1 Å². The van der Waals surface area contributed by atoms with Gasteiger partial charge in [0.05, 0.1) is 5.41 Å². The first-order valence-corrected chi connectivity index (χ1v) is 10.8. The second kappa shape index (κ2) is 8.45. The summed E-state index contributed by atoms with van der Waals surface area (Å²) in [5, 5.41) is 3.91. The van der Waals surface area contributed by atoms with E-state index in [4.69, 9.17) is 16.3 Å². The molecule has 1 saturated heterocycles. The van der Waals surface area contributed by atoms with Gasteiger partial charge in [0.25, 0.3) is 0 Å². The summed E-state index contributed by atoms with van der Waals surface area (Å²) < 4.78 is 19.0. The van der Waals surface area contributed by atoms with Crippen molar-refractivity contribution in [3.63, 3.8) is 0 Å². The van der Waals surface area contributed by atoms with Crippen LogP contribution in [0.5, 0.6) is 0 Å². The molecule has 0 aromatic heterocycles. The number of carbonyl (C=O) groups excluding carboxylic acids is 1. The third-order valence-corrected chi connectivity index (χ3v) is 7.00. The van der Waals surface area contributed by atoms with Crippen molar-refractivity contribution in [2.45, 2.75) is 49.4 Å². The third kappa shape index (κ3) is 4.06. The van der Waals surface area contributed by atoms with Crippen molar-refractivity contribution >= 4 is 17.5 Å². The molecule has 154 valence electrons. The summed E-state index contributed by atoms with van der Waals surface area (Å²) >= 11 is 6.23. The SMILES string of the molecule is O=C(NCC1(c2ccc(F)cc2)CCCC1)C1(c2cccc(Cl)c2)CCOCC1. The number of halogens is 2. The van der Waals surface area contributed by atoms with Crippen LogP contribution in [0.1, 0.15) is 49.7 Å². The first-order chi connectivity index (χ1) is 14.0. The number of nitrogens with one attached hydrogen (secondary N) is 1. The molecule has 5 heteroatoms. The lowest BCUT2D eigenvalue weighted by Crippen LogP contribution is -2.51. The Morgan fingerprint density at radius 2 is 1.69 bits per heavy atom. The minimum atomic E-state index is -0.619. The molecule has 29 heavy (non-hydrogen) atoms. The Morgan fingerprint density at radius 3 is 2.34 bits per heavy atom. The van der Waals surface area contributed by atoms with E-state index < -0.39 is 5.41 Å². The lowest BCUT2D eigenvalue weighted by atomic mass is 9.72. The van der Waals surface area contributed by atoms with Crippen LogP contribution in [0.2, 0.25) is 5.02 Å². The summed E-state index contributed by atoms with van der Waals surface area (Å²) in [6, 6.07) is 14.4. The average Bonchev–Trinajstić information content (AvgIpc) is 3.23. The largest absolute Gasteiger partial charge is 0.381 e. The maximum atomic E-state index is 13.5. The number of rotatable bonds is 5. The van der Waals surface area contributed by atoms with Gasteiger partial charge >= 0.3 is 0 Å². The monoisotopic (exact) mass is 415 g/mol. The van der Waals surface area contributed by atoms with Gasteiger partial charge in [0, 0.05) is 30.2 Å². The predicted octanol–water partition coefficient (Wildman–Crippen LogP) is 5.16. The smallest absolute Gasteiger partial charge is 0.230 e. The molecule has 1 aliphatic heterocycles. The van der Waals surface area contributed by atoms with Crippen molar-refractivity contribution in [3.05, 3.63) is 70.5 Å². The predicted molar refractivity (Wildman–Crippen MR) is 113 cm³/mol. The fourth-order valence-electron chi connectivity index (χ4n) is 4.99. The van der Waals surface area contributed by atoms with Crippen LogP contribution in [-0.4, -0.2) is 25.7 Å². The molecule has 1 aliphatic carbocycles. The zero-order chi connectivity index (χ0) is 20.3. The van der Waals surface area contributed by atoms with Gasteiger partial charge in [0.1, 0.15) is 5.82 Å². The molecule has 0 radical (unpaired) electrons. The fraction of sp³-hybridized carbons (Fsp3) is 0.458. The summed E-state index contributed by atoms with van der Waals surface area (Å²) in [4.78, 5) is 13.5. The molecule has 1 N–H and O–H groups in total. The van der Waals surface area contributed by atoms with Gasteiger partial charge in [-0.15, -0.1) is 0 Å². The van der Waals surface area contributed by atoms with Crippen LogP contribution in [0.15, 0.2) is 48.5 Å². The number of ether oxygens (including phenoxy) is 1. The summed E-state index contributed by atoms with van der Waals surface area (Å²) in [5.41, 5.74) is 1.32. The van der Waals surface area contributed by atoms with Crippen LogP contribution >= 0.6 is 11.6 Å². The highest BCUT2D eigenvalue weighted by atomic mass is 35.5. The Labute approximate surface area is 176 Å². The molecule has 0 spiro atoms. The van der Waals surface area contributed by atoms with E-state index in [0.717, 1.165) is 36.8 Å². The van der Waals surface area contributed by atoms with E-state index in [2.05, 4.69) is 5.32 Å². The van der Waals surface area contributed by atoms with Crippen LogP contribution in [0.4, 0.5) is 4.39 Å². The quantitative estimate of drug-likeness (QED) is 0.732. The lowest BCUT2D eigenvalue weighted by Gasteiger charge is -2.38. The molecule has 1 heterocycles. The Kier molecular flexibility index (Phi) is 5.93. The van der Waals surface area contributed by atoms with E-state index >= 15 is 0 Å². The summed E-state index contributed by atoms with van der Waals surface area (Å²) in [6.07, 6.45) is 5.55. The van der Waals surface area contributed by atoms with E-state index in [1.165, 1.54) is 12.1 Å². The van der Waals surface area contributed by atoms with Gasteiger partial charge in [0.2, 0.25) is 5.91 Å². The number of benzene rings is 2. The van der Waals surface area contributed by atoms with Gasteiger partial charge < -0.3 is 10.1 Å². The van der Waals surface area contributed by atoms with Crippen molar-refractivity contribution in [2.24, 2.45) is 0 Å². The standard InChI is InChI=1S/C24H27ClFNO2/c25-20-5-3-4-19(16-20)24(12-14-29-15-13-24)22(28)27-17-23(10-1-2-11-23)18-6-8-21(26)9-7-18/h3-9,16H,1-2,10-15,17H2,(H,27,28). The normalized spacial score (nSPS) is 20.3. The average molecular weight is 416 g/mol. The molecule has 0 bridgehead atoms. The van der Waals surface area contributed by atoms with Gasteiger partial charge in [0.15, 0.2) is 0 Å². The third-order valence-electron chi connectivity index (χ3n) is 6.76. The minimum absolute atomic E-state index is 0.0384. The molecule has 1 saturated carbocycles. The van der Waals surface area contributed by atoms with E-state index in [1.807, 2.05) is 36.4 Å². The molecule has 2 aliphatic rings. The van der Waals surface area contributed by atoms with Crippen molar-refractivity contribution in [1.29, 1.82) is 0 Å². The second-order valence-electron chi connectivity index (χ2n) is 8.38. The molecular formula is C24H27ClFNO2. The molecule has 1 amide bonds. The van der Waals surface area contributed by atoms with Crippen LogP contribution < -0.4 is 5.32 Å². The zero-order valence-corrected chi connectivity index (χ0v) is 17.3. The highest BCUT2D eigenvalue weighted by Crippen LogP contribution is 2.42. The highest BCUT2D eigenvalue weighted by Gasteiger charge is 2.43. The van der Waals surface area contributed by atoms with E-state index in [-0.39, 0.29) is 17.1 Å². The van der Waals surface area contributed by atoms with E-state index in [1.54, 1.807) is 0 Å². The van der Waals surface area contributed by atoms with E-state index in [9.17, 15) is 9.18 Å². The molecule has 2 aromatic rings. The first kappa shape index (κ1) is 20.4. The summed E-state index contributed by atoms with van der Waals surface area (Å²) in [7, 11) is 0. The topological polar surface area (TPSA) is 38.3 Å². The first-order valence-electron chi connectivity index (χ1n) is 10.4. The Hall–Kier alpha value is -1.91. The Bertz CT molecular complexity index is 855. The van der Waals surface area contributed by atoms with Gasteiger partial charge in [-0.2, -0.15) is 0 Å². The molecule has 0 unspecified atom stereocenters. The van der Waals surface area contributed by atoms with Crippen LogP contribution in [0, 0.1) is 5.82 Å². The maximum absolute atomic E-state index is 13.5. The second-order valence-corrected chi connectivity index (χ2v) is 8.82. The fourth-order valence-corrected chi connectivity index (χ4v) is 5.18. The molecule has 3 nitrogen and oxygen atoms in total. The number of carbonyl (C=O) groups is 1. The molecule has 2 aromatic carbocycles. The Morgan fingerprint density at radius 1 is 1.00 bits per heavy atom. The van der Waals surface area contributed by atoms with Crippen molar-refractivity contribution in [1.82, 2.24) is 5.32 Å². The maximum Gasteiger partial charge on any atom is 0.230 e. The molecule has 4 rings (SSSR count). The van der Waals surface area contributed by atoms with Gasteiger partial charge in [-0.1, -0.05) is 48.7 Å². The van der Waals surface area contributed by atoms with Crippen LogP contribution in [0.25, 0.3) is 0 Å².